The topological polar surface area (TPSA) is 72.5 Å². The lowest BCUT2D eigenvalue weighted by molar-refractivity contribution is -0.124. The lowest BCUT2D eigenvalue weighted by atomic mass is 9.88. The molecular formula is C17H21NO4S. The summed E-state index contributed by atoms with van der Waals surface area (Å²) in [4.78, 5) is 12.3. The second kappa shape index (κ2) is 5.60. The minimum atomic E-state index is -3.65. The van der Waals surface area contributed by atoms with Crippen LogP contribution < -0.4 is 4.72 Å². The number of hydrogen-bond donors (Lipinski definition) is 1. The molecule has 2 aliphatic carbocycles. The van der Waals surface area contributed by atoms with Crippen molar-refractivity contribution < 1.29 is 17.9 Å². The fourth-order valence-corrected chi connectivity index (χ4v) is 5.51. The van der Waals surface area contributed by atoms with Crippen molar-refractivity contribution in [1.82, 2.24) is 4.72 Å². The molecule has 2 saturated carbocycles. The highest BCUT2D eigenvalue weighted by Gasteiger charge is 2.43. The van der Waals surface area contributed by atoms with Gasteiger partial charge in [-0.1, -0.05) is 24.6 Å². The van der Waals surface area contributed by atoms with Crippen LogP contribution in [0, 0.1) is 17.8 Å². The van der Waals surface area contributed by atoms with Crippen molar-refractivity contribution >= 4 is 15.9 Å². The molecule has 0 spiro atoms. The highest BCUT2D eigenvalue weighted by Crippen LogP contribution is 2.48. The summed E-state index contributed by atoms with van der Waals surface area (Å²) in [6.07, 6.45) is 4.19. The molecule has 1 heterocycles. The molecule has 0 saturated heterocycles. The zero-order valence-corrected chi connectivity index (χ0v) is 13.8. The number of fused-ring (bicyclic) bond motifs is 3. The number of hydrogen-bond acceptors (Lipinski definition) is 4. The maximum Gasteiger partial charge on any atom is 0.239 e. The molecule has 4 rings (SSSR count). The van der Waals surface area contributed by atoms with Crippen LogP contribution in [0.2, 0.25) is 0 Å². The second-order valence-corrected chi connectivity index (χ2v) is 8.82. The van der Waals surface area contributed by atoms with E-state index >= 15 is 0 Å². The predicted octanol–water partition coefficient (Wildman–Crippen LogP) is 2.10. The number of nitrogens with one attached hydrogen (secondary N) is 1. The van der Waals surface area contributed by atoms with Crippen molar-refractivity contribution in [2.45, 2.75) is 44.6 Å². The Morgan fingerprint density at radius 1 is 1.17 bits per heavy atom. The van der Waals surface area contributed by atoms with Gasteiger partial charge in [-0.25, -0.2) is 8.42 Å². The maximum atomic E-state index is 12.3. The van der Waals surface area contributed by atoms with Crippen LogP contribution in [0.3, 0.4) is 0 Å². The first-order valence-electron chi connectivity index (χ1n) is 8.23. The van der Waals surface area contributed by atoms with Crippen LogP contribution in [0.15, 0.2) is 18.2 Å². The molecule has 1 aromatic rings. The first-order chi connectivity index (χ1) is 11.0. The molecule has 3 aliphatic rings. The van der Waals surface area contributed by atoms with Crippen LogP contribution in [0.4, 0.5) is 0 Å². The van der Waals surface area contributed by atoms with Gasteiger partial charge in [-0.3, -0.25) is 9.52 Å². The average Bonchev–Trinajstić information content (AvgIpc) is 3.21. The Bertz CT molecular complexity index is 743. The maximum absolute atomic E-state index is 12.3. The van der Waals surface area contributed by atoms with E-state index in [0.717, 1.165) is 30.4 Å². The summed E-state index contributed by atoms with van der Waals surface area (Å²) in [7, 11) is -3.65. The zero-order chi connectivity index (χ0) is 16.0. The van der Waals surface area contributed by atoms with E-state index in [1.807, 2.05) is 12.1 Å². The van der Waals surface area contributed by atoms with E-state index in [4.69, 9.17) is 4.74 Å². The van der Waals surface area contributed by atoms with E-state index in [-0.39, 0.29) is 17.6 Å². The molecule has 1 amide bonds. The fourth-order valence-electron chi connectivity index (χ4n) is 4.37. The van der Waals surface area contributed by atoms with Gasteiger partial charge in [0.1, 0.15) is 0 Å². The first-order valence-corrected chi connectivity index (χ1v) is 9.88. The smallest absolute Gasteiger partial charge is 0.239 e. The van der Waals surface area contributed by atoms with Gasteiger partial charge in [-0.05, 0) is 47.8 Å². The molecule has 0 aromatic heterocycles. The van der Waals surface area contributed by atoms with Crippen molar-refractivity contribution in [2.75, 3.05) is 0 Å². The Hall–Kier alpha value is -1.40. The van der Waals surface area contributed by atoms with E-state index in [1.165, 1.54) is 6.42 Å². The molecule has 3 unspecified atom stereocenters. The second-order valence-electron chi connectivity index (χ2n) is 7.10. The standard InChI is InChI=1S/C17H21NO4S/c19-17(16-7-11-1-3-13(16)5-11)18-23(20,21)10-12-2-4-14-8-22-9-15(14)6-12/h2,4,6,11,13,16H,1,3,5,7-10H2,(H,18,19). The van der Waals surface area contributed by atoms with Gasteiger partial charge in [0, 0.05) is 5.92 Å². The summed E-state index contributed by atoms with van der Waals surface area (Å²) in [5.74, 6) is 0.425. The molecule has 0 radical (unpaired) electrons. The van der Waals surface area contributed by atoms with Crippen molar-refractivity contribution in [3.63, 3.8) is 0 Å². The van der Waals surface area contributed by atoms with Crippen molar-refractivity contribution in [3.8, 4) is 0 Å². The Kier molecular flexibility index (Phi) is 3.69. The highest BCUT2D eigenvalue weighted by molar-refractivity contribution is 7.89. The molecule has 23 heavy (non-hydrogen) atoms. The lowest BCUT2D eigenvalue weighted by Gasteiger charge is -2.20. The number of carbonyl (C=O) groups is 1. The summed E-state index contributed by atoms with van der Waals surface area (Å²) < 4.78 is 32.3. The first kappa shape index (κ1) is 15.1. The minimum absolute atomic E-state index is 0.114. The van der Waals surface area contributed by atoms with Crippen LogP contribution in [0.25, 0.3) is 0 Å². The van der Waals surface area contributed by atoms with Gasteiger partial charge in [-0.2, -0.15) is 0 Å². The van der Waals surface area contributed by atoms with Crippen LogP contribution in [-0.4, -0.2) is 14.3 Å². The highest BCUT2D eigenvalue weighted by atomic mass is 32.2. The predicted molar refractivity (Wildman–Crippen MR) is 84.6 cm³/mol. The van der Waals surface area contributed by atoms with E-state index < -0.39 is 10.0 Å². The molecule has 1 aliphatic heterocycles. The quantitative estimate of drug-likeness (QED) is 0.914. The number of amides is 1. The van der Waals surface area contributed by atoms with Gasteiger partial charge in [0.15, 0.2) is 0 Å². The van der Waals surface area contributed by atoms with Gasteiger partial charge < -0.3 is 4.74 Å². The van der Waals surface area contributed by atoms with Crippen LogP contribution in [-0.2, 0) is 38.5 Å². The number of carbonyl (C=O) groups excluding carboxylic acids is 1. The van der Waals surface area contributed by atoms with Crippen LogP contribution >= 0.6 is 0 Å². The third-order valence-electron chi connectivity index (χ3n) is 5.47. The molecule has 1 aromatic carbocycles. The fraction of sp³-hybridized carbons (Fsp3) is 0.588. The summed E-state index contributed by atoms with van der Waals surface area (Å²) >= 11 is 0. The Labute approximate surface area is 136 Å². The number of sulfonamides is 1. The zero-order valence-electron chi connectivity index (χ0n) is 13.0. The average molecular weight is 335 g/mol. The summed E-state index contributed by atoms with van der Waals surface area (Å²) in [5, 5.41) is 0. The molecular weight excluding hydrogens is 314 g/mol. The van der Waals surface area contributed by atoms with Crippen molar-refractivity contribution in [3.05, 3.63) is 34.9 Å². The SMILES string of the molecule is O=C(NS(=O)(=O)Cc1ccc2c(c1)COC2)C1CC2CCC1C2. The third kappa shape index (κ3) is 3.02. The van der Waals surface area contributed by atoms with E-state index in [2.05, 4.69) is 4.72 Å². The number of benzene rings is 1. The monoisotopic (exact) mass is 335 g/mol. The molecule has 1 N–H and O–H groups in total. The molecule has 124 valence electrons. The third-order valence-corrected chi connectivity index (χ3v) is 6.70. The summed E-state index contributed by atoms with van der Waals surface area (Å²) in [6.45, 7) is 1.12. The van der Waals surface area contributed by atoms with Gasteiger partial charge in [0.05, 0.1) is 19.0 Å². The van der Waals surface area contributed by atoms with Gasteiger partial charge in [0.2, 0.25) is 15.9 Å². The largest absolute Gasteiger partial charge is 0.372 e. The van der Waals surface area contributed by atoms with Gasteiger partial charge in [0.25, 0.3) is 0 Å². The van der Waals surface area contributed by atoms with E-state index in [0.29, 0.717) is 30.6 Å². The summed E-state index contributed by atoms with van der Waals surface area (Å²) in [6, 6.07) is 5.57. The number of ether oxygens (including phenoxy) is 1. The van der Waals surface area contributed by atoms with Crippen molar-refractivity contribution in [2.24, 2.45) is 17.8 Å². The molecule has 2 fully saturated rings. The number of rotatable bonds is 4. The summed E-state index contributed by atoms with van der Waals surface area (Å²) in [5.41, 5.74) is 2.84. The minimum Gasteiger partial charge on any atom is -0.372 e. The van der Waals surface area contributed by atoms with Crippen molar-refractivity contribution in [1.29, 1.82) is 0 Å². The Balaban J connectivity index is 1.43. The van der Waals surface area contributed by atoms with Crippen LogP contribution in [0.5, 0.6) is 0 Å². The Morgan fingerprint density at radius 2 is 2.00 bits per heavy atom. The lowest BCUT2D eigenvalue weighted by Crippen LogP contribution is -2.38. The molecule has 3 atom stereocenters. The normalized spacial score (nSPS) is 28.8. The molecule has 2 bridgehead atoms. The molecule has 5 nitrogen and oxygen atoms in total. The Morgan fingerprint density at radius 3 is 2.74 bits per heavy atom. The molecule has 6 heteroatoms. The van der Waals surface area contributed by atoms with Gasteiger partial charge in [-0.15, -0.1) is 0 Å². The van der Waals surface area contributed by atoms with E-state index in [1.54, 1.807) is 6.07 Å². The van der Waals surface area contributed by atoms with E-state index in [9.17, 15) is 13.2 Å². The van der Waals surface area contributed by atoms with Gasteiger partial charge >= 0.3 is 0 Å². The van der Waals surface area contributed by atoms with Crippen LogP contribution in [0.1, 0.15) is 42.4 Å².